The molecule has 0 saturated carbocycles. The lowest BCUT2D eigenvalue weighted by Gasteiger charge is -2.13. The van der Waals surface area contributed by atoms with Gasteiger partial charge in [-0.3, -0.25) is 4.98 Å². The molecule has 1 aromatic heterocycles. The van der Waals surface area contributed by atoms with Crippen molar-refractivity contribution in [3.8, 4) is 5.75 Å². The molecule has 1 N–H and O–H groups in total. The molecule has 0 aliphatic carbocycles. The van der Waals surface area contributed by atoms with E-state index >= 15 is 0 Å². The number of pyridine rings is 1. The summed E-state index contributed by atoms with van der Waals surface area (Å²) in [6, 6.07) is 10.2. The first-order chi connectivity index (χ1) is 9.86. The lowest BCUT2D eigenvalue weighted by Crippen LogP contribution is -2.13. The number of aromatic nitrogens is 1. The number of para-hydroxylation sites is 1. The minimum Gasteiger partial charge on any atom is -0.492 e. The Morgan fingerprint density at radius 1 is 1.40 bits per heavy atom. The molecule has 4 nitrogen and oxygen atoms in total. The molecule has 1 aliphatic heterocycles. The third-order valence-corrected chi connectivity index (χ3v) is 3.59. The van der Waals surface area contributed by atoms with E-state index in [9.17, 15) is 0 Å². The summed E-state index contributed by atoms with van der Waals surface area (Å²) in [7, 11) is 1.92. The van der Waals surface area contributed by atoms with Crippen LogP contribution in [-0.4, -0.2) is 31.9 Å². The number of ether oxygens (including phenoxy) is 2. The fraction of sp³-hybridized carbons (Fsp3) is 0.438. The van der Waals surface area contributed by atoms with Crippen LogP contribution in [-0.2, 0) is 11.3 Å². The minimum atomic E-state index is 0.509. The van der Waals surface area contributed by atoms with Crippen LogP contribution in [0.5, 0.6) is 5.75 Å². The van der Waals surface area contributed by atoms with Crippen LogP contribution < -0.4 is 10.1 Å². The van der Waals surface area contributed by atoms with Gasteiger partial charge in [0.2, 0.25) is 0 Å². The van der Waals surface area contributed by atoms with Gasteiger partial charge in [0.1, 0.15) is 5.75 Å². The summed E-state index contributed by atoms with van der Waals surface area (Å²) in [5.74, 6) is 1.43. The maximum atomic E-state index is 6.04. The van der Waals surface area contributed by atoms with E-state index < -0.39 is 0 Å². The van der Waals surface area contributed by atoms with Crippen molar-refractivity contribution in [3.63, 3.8) is 0 Å². The minimum absolute atomic E-state index is 0.509. The van der Waals surface area contributed by atoms with Gasteiger partial charge in [-0.25, -0.2) is 0 Å². The van der Waals surface area contributed by atoms with Gasteiger partial charge in [0.15, 0.2) is 0 Å². The first kappa shape index (κ1) is 13.3. The van der Waals surface area contributed by atoms with Crippen LogP contribution in [0.15, 0.2) is 30.3 Å². The number of hydrogen-bond donors (Lipinski definition) is 1. The number of hydrogen-bond acceptors (Lipinski definition) is 4. The zero-order chi connectivity index (χ0) is 13.8. The third-order valence-electron chi connectivity index (χ3n) is 3.59. The molecular weight excluding hydrogens is 252 g/mol. The zero-order valence-electron chi connectivity index (χ0n) is 11.8. The highest BCUT2D eigenvalue weighted by Crippen LogP contribution is 2.26. The molecule has 1 aromatic carbocycles. The quantitative estimate of drug-likeness (QED) is 0.907. The second kappa shape index (κ2) is 6.20. The Labute approximate surface area is 119 Å². The Balaban J connectivity index is 1.86. The summed E-state index contributed by atoms with van der Waals surface area (Å²) in [5.41, 5.74) is 1.99. The van der Waals surface area contributed by atoms with E-state index in [-0.39, 0.29) is 0 Å². The van der Waals surface area contributed by atoms with E-state index in [1.807, 2.05) is 31.3 Å². The predicted octanol–water partition coefficient (Wildman–Crippen LogP) is 2.37. The first-order valence-electron chi connectivity index (χ1n) is 7.10. The van der Waals surface area contributed by atoms with Crippen LogP contribution in [0.3, 0.4) is 0 Å². The Morgan fingerprint density at radius 3 is 3.10 bits per heavy atom. The summed E-state index contributed by atoms with van der Waals surface area (Å²) in [4.78, 5) is 4.64. The largest absolute Gasteiger partial charge is 0.492 e. The molecule has 1 saturated heterocycles. The first-order valence-corrected chi connectivity index (χ1v) is 7.10. The second-order valence-electron chi connectivity index (χ2n) is 5.20. The molecule has 0 amide bonds. The maximum Gasteiger partial charge on any atom is 0.130 e. The summed E-state index contributed by atoms with van der Waals surface area (Å²) in [6.45, 7) is 3.13. The molecule has 3 rings (SSSR count). The molecule has 4 heteroatoms. The van der Waals surface area contributed by atoms with E-state index in [0.717, 1.165) is 48.5 Å². The lowest BCUT2D eigenvalue weighted by molar-refractivity contribution is 0.167. The molecular formula is C16H20N2O2. The molecule has 2 heterocycles. The van der Waals surface area contributed by atoms with Gasteiger partial charge in [-0.1, -0.05) is 12.1 Å². The molecule has 1 atom stereocenters. The Kier molecular flexibility index (Phi) is 4.14. The number of fused-ring (bicyclic) bond motifs is 1. The van der Waals surface area contributed by atoms with Gasteiger partial charge in [0.05, 0.1) is 24.4 Å². The van der Waals surface area contributed by atoms with Crippen molar-refractivity contribution in [3.05, 3.63) is 36.0 Å². The van der Waals surface area contributed by atoms with E-state index in [0.29, 0.717) is 12.5 Å². The van der Waals surface area contributed by atoms with Crippen LogP contribution >= 0.6 is 0 Å². The van der Waals surface area contributed by atoms with E-state index in [2.05, 4.69) is 16.4 Å². The van der Waals surface area contributed by atoms with Gasteiger partial charge in [0.25, 0.3) is 0 Å². The van der Waals surface area contributed by atoms with Gasteiger partial charge in [-0.15, -0.1) is 0 Å². The fourth-order valence-electron chi connectivity index (χ4n) is 2.51. The van der Waals surface area contributed by atoms with Crippen molar-refractivity contribution in [2.75, 3.05) is 26.9 Å². The molecule has 106 valence electrons. The average Bonchev–Trinajstić information content (AvgIpc) is 2.98. The fourth-order valence-corrected chi connectivity index (χ4v) is 2.51. The van der Waals surface area contributed by atoms with Gasteiger partial charge < -0.3 is 14.8 Å². The van der Waals surface area contributed by atoms with Gasteiger partial charge in [0, 0.05) is 30.5 Å². The number of benzene rings is 1. The van der Waals surface area contributed by atoms with Crippen molar-refractivity contribution >= 4 is 10.9 Å². The summed E-state index contributed by atoms with van der Waals surface area (Å²) in [6.07, 6.45) is 1.09. The number of nitrogens with one attached hydrogen (secondary N) is 1. The number of nitrogens with zero attached hydrogens (tertiary/aromatic N) is 1. The Hall–Kier alpha value is -1.65. The highest BCUT2D eigenvalue weighted by atomic mass is 16.5. The van der Waals surface area contributed by atoms with Crippen LogP contribution in [0.25, 0.3) is 10.9 Å². The standard InChI is InChI=1S/C16H20N2O2/c1-17-9-13-8-16(20-11-12-6-7-19-10-12)14-4-2-3-5-15(14)18-13/h2-5,8,12,17H,6-7,9-11H2,1H3. The molecule has 0 radical (unpaired) electrons. The molecule has 1 aliphatic rings. The smallest absolute Gasteiger partial charge is 0.130 e. The summed E-state index contributed by atoms with van der Waals surface area (Å²) >= 11 is 0. The predicted molar refractivity (Wildman–Crippen MR) is 78.9 cm³/mol. The molecule has 0 spiro atoms. The van der Waals surface area contributed by atoms with Gasteiger partial charge >= 0.3 is 0 Å². The highest BCUT2D eigenvalue weighted by Gasteiger charge is 2.17. The van der Waals surface area contributed by atoms with Crippen LogP contribution in [0.2, 0.25) is 0 Å². The average molecular weight is 272 g/mol. The summed E-state index contributed by atoms with van der Waals surface area (Å²) in [5, 5.41) is 4.21. The Morgan fingerprint density at radius 2 is 2.30 bits per heavy atom. The summed E-state index contributed by atoms with van der Waals surface area (Å²) < 4.78 is 11.4. The monoisotopic (exact) mass is 272 g/mol. The van der Waals surface area contributed by atoms with E-state index in [4.69, 9.17) is 9.47 Å². The highest BCUT2D eigenvalue weighted by molar-refractivity contribution is 5.85. The topological polar surface area (TPSA) is 43.4 Å². The van der Waals surface area contributed by atoms with Crippen molar-refractivity contribution in [1.29, 1.82) is 0 Å². The molecule has 1 unspecified atom stereocenters. The van der Waals surface area contributed by atoms with Crippen molar-refractivity contribution in [1.82, 2.24) is 10.3 Å². The molecule has 2 aromatic rings. The van der Waals surface area contributed by atoms with E-state index in [1.165, 1.54) is 0 Å². The third kappa shape index (κ3) is 2.92. The van der Waals surface area contributed by atoms with E-state index in [1.54, 1.807) is 0 Å². The van der Waals surface area contributed by atoms with Crippen molar-refractivity contribution in [2.24, 2.45) is 5.92 Å². The van der Waals surface area contributed by atoms with Crippen LogP contribution in [0, 0.1) is 5.92 Å². The SMILES string of the molecule is CNCc1cc(OCC2CCOC2)c2ccccc2n1. The van der Waals surface area contributed by atoms with Gasteiger partial charge in [-0.2, -0.15) is 0 Å². The van der Waals surface area contributed by atoms with Crippen molar-refractivity contribution in [2.45, 2.75) is 13.0 Å². The molecule has 20 heavy (non-hydrogen) atoms. The van der Waals surface area contributed by atoms with Crippen molar-refractivity contribution < 1.29 is 9.47 Å². The Bertz CT molecular complexity index is 580. The second-order valence-corrected chi connectivity index (χ2v) is 5.20. The van der Waals surface area contributed by atoms with Crippen LogP contribution in [0.4, 0.5) is 0 Å². The lowest BCUT2D eigenvalue weighted by atomic mass is 10.1. The zero-order valence-corrected chi connectivity index (χ0v) is 11.8. The maximum absolute atomic E-state index is 6.04. The molecule has 0 bridgehead atoms. The van der Waals surface area contributed by atoms with Gasteiger partial charge in [-0.05, 0) is 25.6 Å². The van der Waals surface area contributed by atoms with Crippen LogP contribution in [0.1, 0.15) is 12.1 Å². The number of rotatable bonds is 5. The molecule has 1 fully saturated rings. The normalized spacial score (nSPS) is 18.6.